The lowest BCUT2D eigenvalue weighted by molar-refractivity contribution is 0.102. The minimum Gasteiger partial charge on any atom is -0.341 e. The zero-order valence-electron chi connectivity index (χ0n) is 14.1. The molecule has 0 fully saturated rings. The molecule has 0 radical (unpaired) electrons. The number of anilines is 1. The quantitative estimate of drug-likeness (QED) is 0.438. The molecule has 1 N–H and O–H groups in total. The molecule has 5 heteroatoms. The number of halogens is 2. The Hall–Kier alpha value is -2.49. The van der Waals surface area contributed by atoms with Crippen molar-refractivity contribution in [3.05, 3.63) is 76.3 Å². The number of hydrogen-bond donors (Lipinski definition) is 1. The van der Waals surface area contributed by atoms with Crippen LogP contribution in [0.4, 0.5) is 5.69 Å². The van der Waals surface area contributed by atoms with Gasteiger partial charge in [-0.25, -0.2) is 0 Å². The van der Waals surface area contributed by atoms with E-state index in [1.807, 2.05) is 30.3 Å². The number of aromatic nitrogens is 1. The maximum Gasteiger partial charge on any atom is 0.258 e. The third-order valence-electron chi connectivity index (χ3n) is 4.54. The molecular formula is C21H16Cl2N2O. The fourth-order valence-corrected chi connectivity index (χ4v) is 3.95. The molecule has 0 saturated heterocycles. The molecule has 0 saturated carbocycles. The number of para-hydroxylation sites is 1. The van der Waals surface area contributed by atoms with Crippen molar-refractivity contribution in [3.63, 3.8) is 0 Å². The number of rotatable bonds is 3. The van der Waals surface area contributed by atoms with Gasteiger partial charge in [0.1, 0.15) is 0 Å². The Balaban J connectivity index is 1.79. The SMILES string of the molecule is CCn1c2ccccc2c2cc(NC(=O)c3c(Cl)cccc3Cl)ccc21. The summed E-state index contributed by atoms with van der Waals surface area (Å²) in [6, 6.07) is 19.2. The summed E-state index contributed by atoms with van der Waals surface area (Å²) in [5.41, 5.74) is 3.31. The minimum absolute atomic E-state index is 0.284. The molecule has 0 bridgehead atoms. The van der Waals surface area contributed by atoms with Crippen LogP contribution in [-0.2, 0) is 6.54 Å². The van der Waals surface area contributed by atoms with Gasteiger partial charge in [0.2, 0.25) is 0 Å². The first-order valence-electron chi connectivity index (χ1n) is 8.36. The van der Waals surface area contributed by atoms with Gasteiger partial charge in [0.25, 0.3) is 5.91 Å². The number of amides is 1. The largest absolute Gasteiger partial charge is 0.341 e. The molecule has 26 heavy (non-hydrogen) atoms. The van der Waals surface area contributed by atoms with Gasteiger partial charge in [-0.3, -0.25) is 4.79 Å². The first-order valence-corrected chi connectivity index (χ1v) is 9.12. The summed E-state index contributed by atoms with van der Waals surface area (Å²) >= 11 is 12.3. The van der Waals surface area contributed by atoms with Gasteiger partial charge in [-0.2, -0.15) is 0 Å². The van der Waals surface area contributed by atoms with Gasteiger partial charge in [0, 0.05) is 34.0 Å². The lowest BCUT2D eigenvalue weighted by Gasteiger charge is -2.09. The van der Waals surface area contributed by atoms with Crippen molar-refractivity contribution in [1.82, 2.24) is 4.57 Å². The Morgan fingerprint density at radius 3 is 2.35 bits per heavy atom. The van der Waals surface area contributed by atoms with Crippen molar-refractivity contribution in [3.8, 4) is 0 Å². The van der Waals surface area contributed by atoms with E-state index in [1.165, 1.54) is 5.52 Å². The van der Waals surface area contributed by atoms with Crippen LogP contribution in [0, 0.1) is 0 Å². The molecular weight excluding hydrogens is 367 g/mol. The zero-order valence-corrected chi connectivity index (χ0v) is 15.6. The van der Waals surface area contributed by atoms with E-state index in [0.717, 1.165) is 22.8 Å². The first kappa shape index (κ1) is 17.0. The van der Waals surface area contributed by atoms with Gasteiger partial charge < -0.3 is 9.88 Å². The highest BCUT2D eigenvalue weighted by Gasteiger charge is 2.16. The Labute approximate surface area is 161 Å². The lowest BCUT2D eigenvalue weighted by Crippen LogP contribution is -2.13. The number of carbonyl (C=O) groups is 1. The molecule has 3 aromatic carbocycles. The normalized spacial score (nSPS) is 11.2. The Morgan fingerprint density at radius 1 is 0.923 bits per heavy atom. The summed E-state index contributed by atoms with van der Waals surface area (Å²) in [4.78, 5) is 12.6. The Bertz CT molecular complexity index is 1130. The molecule has 1 amide bonds. The van der Waals surface area contributed by atoms with Crippen LogP contribution in [0.25, 0.3) is 21.8 Å². The summed E-state index contributed by atoms with van der Waals surface area (Å²) in [7, 11) is 0. The number of nitrogens with zero attached hydrogens (tertiary/aromatic N) is 1. The third-order valence-corrected chi connectivity index (χ3v) is 5.17. The van der Waals surface area contributed by atoms with Gasteiger partial charge in [-0.15, -0.1) is 0 Å². The van der Waals surface area contributed by atoms with Crippen molar-refractivity contribution in [2.24, 2.45) is 0 Å². The van der Waals surface area contributed by atoms with Crippen molar-refractivity contribution < 1.29 is 4.79 Å². The van der Waals surface area contributed by atoms with Gasteiger partial charge in [0.05, 0.1) is 15.6 Å². The van der Waals surface area contributed by atoms with E-state index in [9.17, 15) is 4.79 Å². The van der Waals surface area contributed by atoms with E-state index < -0.39 is 0 Å². The van der Waals surface area contributed by atoms with Crippen LogP contribution in [0.3, 0.4) is 0 Å². The average molecular weight is 383 g/mol. The van der Waals surface area contributed by atoms with E-state index in [1.54, 1.807) is 18.2 Å². The maximum atomic E-state index is 12.6. The second kappa shape index (κ2) is 6.67. The highest BCUT2D eigenvalue weighted by Crippen LogP contribution is 2.31. The van der Waals surface area contributed by atoms with E-state index in [2.05, 4.69) is 28.9 Å². The highest BCUT2D eigenvalue weighted by atomic mass is 35.5. The molecule has 1 heterocycles. The fourth-order valence-electron chi connectivity index (χ4n) is 3.38. The molecule has 1 aromatic heterocycles. The molecule has 4 rings (SSSR count). The number of hydrogen-bond acceptors (Lipinski definition) is 1. The maximum absolute atomic E-state index is 12.6. The van der Waals surface area contributed by atoms with Crippen molar-refractivity contribution in [2.45, 2.75) is 13.5 Å². The molecule has 0 aliphatic carbocycles. The molecule has 4 aromatic rings. The summed E-state index contributed by atoms with van der Waals surface area (Å²) in [6.45, 7) is 3.01. The predicted molar refractivity (Wildman–Crippen MR) is 110 cm³/mol. The monoisotopic (exact) mass is 382 g/mol. The second-order valence-corrected chi connectivity index (χ2v) is 6.86. The van der Waals surface area contributed by atoms with Crippen LogP contribution in [0.1, 0.15) is 17.3 Å². The average Bonchev–Trinajstić information content (AvgIpc) is 2.95. The van der Waals surface area contributed by atoms with Crippen LogP contribution < -0.4 is 5.32 Å². The van der Waals surface area contributed by atoms with E-state index in [-0.39, 0.29) is 11.5 Å². The third kappa shape index (κ3) is 2.74. The van der Waals surface area contributed by atoms with Crippen LogP contribution in [0.2, 0.25) is 10.0 Å². The lowest BCUT2D eigenvalue weighted by atomic mass is 10.1. The number of fused-ring (bicyclic) bond motifs is 3. The minimum atomic E-state index is -0.320. The summed E-state index contributed by atoms with van der Waals surface area (Å²) in [5.74, 6) is -0.320. The topological polar surface area (TPSA) is 34.0 Å². The van der Waals surface area contributed by atoms with Gasteiger partial charge in [-0.05, 0) is 43.3 Å². The first-order chi connectivity index (χ1) is 12.6. The molecule has 130 valence electrons. The summed E-state index contributed by atoms with van der Waals surface area (Å²) < 4.78 is 2.27. The van der Waals surface area contributed by atoms with Gasteiger partial charge >= 0.3 is 0 Å². The van der Waals surface area contributed by atoms with Gasteiger partial charge in [-0.1, -0.05) is 47.5 Å². The number of benzene rings is 3. The van der Waals surface area contributed by atoms with E-state index in [4.69, 9.17) is 23.2 Å². The molecule has 0 unspecified atom stereocenters. The molecule has 0 atom stereocenters. The summed E-state index contributed by atoms with van der Waals surface area (Å²) in [6.07, 6.45) is 0. The second-order valence-electron chi connectivity index (χ2n) is 6.04. The van der Waals surface area contributed by atoms with Crippen LogP contribution in [-0.4, -0.2) is 10.5 Å². The van der Waals surface area contributed by atoms with Crippen molar-refractivity contribution >= 4 is 56.6 Å². The van der Waals surface area contributed by atoms with Crippen LogP contribution >= 0.6 is 23.2 Å². The zero-order chi connectivity index (χ0) is 18.3. The molecule has 0 spiro atoms. The van der Waals surface area contributed by atoms with Crippen LogP contribution in [0.15, 0.2) is 60.7 Å². The van der Waals surface area contributed by atoms with Crippen LogP contribution in [0.5, 0.6) is 0 Å². The molecule has 3 nitrogen and oxygen atoms in total. The number of aryl methyl sites for hydroxylation is 1. The van der Waals surface area contributed by atoms with E-state index in [0.29, 0.717) is 15.7 Å². The van der Waals surface area contributed by atoms with Crippen molar-refractivity contribution in [2.75, 3.05) is 5.32 Å². The van der Waals surface area contributed by atoms with Crippen molar-refractivity contribution in [1.29, 1.82) is 0 Å². The molecule has 0 aliphatic heterocycles. The predicted octanol–water partition coefficient (Wildman–Crippen LogP) is 6.37. The number of carbonyl (C=O) groups excluding carboxylic acids is 1. The number of nitrogens with one attached hydrogen (secondary N) is 1. The standard InChI is InChI=1S/C21H16Cl2N2O/c1-2-25-18-9-4-3-6-14(18)15-12-13(10-11-19(15)25)24-21(26)20-16(22)7-5-8-17(20)23/h3-12H,2H2,1H3,(H,24,26). The van der Waals surface area contributed by atoms with E-state index >= 15 is 0 Å². The Kier molecular flexibility index (Phi) is 4.35. The Morgan fingerprint density at radius 2 is 1.62 bits per heavy atom. The molecule has 0 aliphatic rings. The fraction of sp³-hybridized carbons (Fsp3) is 0.0952. The smallest absolute Gasteiger partial charge is 0.258 e. The van der Waals surface area contributed by atoms with Gasteiger partial charge in [0.15, 0.2) is 0 Å². The highest BCUT2D eigenvalue weighted by molar-refractivity contribution is 6.40. The summed E-state index contributed by atoms with van der Waals surface area (Å²) in [5, 5.41) is 5.84.